The zero-order chi connectivity index (χ0) is 18.0. The third kappa shape index (κ3) is 14.4. The summed E-state index contributed by atoms with van der Waals surface area (Å²) < 4.78 is 0. The number of allylic oxidation sites excluding steroid dienone is 1. The summed E-state index contributed by atoms with van der Waals surface area (Å²) in [6.07, 6.45) is 18.6. The molecule has 2 N–H and O–H groups in total. The van der Waals surface area contributed by atoms with Gasteiger partial charge in [0.15, 0.2) is 5.78 Å². The van der Waals surface area contributed by atoms with Gasteiger partial charge in [0.05, 0.1) is 6.61 Å². The van der Waals surface area contributed by atoms with E-state index in [0.717, 1.165) is 12.8 Å². The maximum Gasteiger partial charge on any atom is 0.217 e. The molecule has 0 heterocycles. The van der Waals surface area contributed by atoms with Crippen LogP contribution >= 0.6 is 0 Å². The summed E-state index contributed by atoms with van der Waals surface area (Å²) in [6, 6.07) is -0.809. The molecule has 0 spiro atoms. The quantitative estimate of drug-likeness (QED) is 0.325. The van der Waals surface area contributed by atoms with Gasteiger partial charge in [0.2, 0.25) is 5.91 Å². The van der Waals surface area contributed by atoms with Crippen LogP contribution in [-0.4, -0.2) is 29.4 Å². The van der Waals surface area contributed by atoms with E-state index in [1.807, 2.05) is 6.08 Å². The second kappa shape index (κ2) is 16.7. The van der Waals surface area contributed by atoms with E-state index in [2.05, 4.69) is 12.2 Å². The molecule has 0 aliphatic heterocycles. The number of ketones is 1. The minimum atomic E-state index is -0.809. The molecule has 0 rings (SSSR count). The standard InChI is InChI=1S/C20H37NO3/c1-3-4-5-6-7-8-9-10-11-12-13-14-15-16-20(24)19(17-22)21-18(2)23/h15-16,19,22H,3-14,17H2,1-2H3,(H,21,23)/t19-/m0/s1. The van der Waals surface area contributed by atoms with Crippen LogP contribution in [0.25, 0.3) is 0 Å². The number of carbonyl (C=O) groups is 2. The second-order valence-corrected chi connectivity index (χ2v) is 6.56. The van der Waals surface area contributed by atoms with Crippen LogP contribution < -0.4 is 5.32 Å². The normalized spacial score (nSPS) is 12.5. The molecule has 1 atom stereocenters. The fraction of sp³-hybridized carbons (Fsp3) is 0.800. The first kappa shape index (κ1) is 22.8. The molecule has 0 bridgehead atoms. The highest BCUT2D eigenvalue weighted by Gasteiger charge is 2.14. The van der Waals surface area contributed by atoms with Gasteiger partial charge >= 0.3 is 0 Å². The Morgan fingerprint density at radius 2 is 1.42 bits per heavy atom. The second-order valence-electron chi connectivity index (χ2n) is 6.56. The minimum Gasteiger partial charge on any atom is -0.394 e. The van der Waals surface area contributed by atoms with Crippen LogP contribution in [0.3, 0.4) is 0 Å². The molecule has 140 valence electrons. The lowest BCUT2D eigenvalue weighted by atomic mass is 10.0. The van der Waals surface area contributed by atoms with Gasteiger partial charge in [0.1, 0.15) is 6.04 Å². The van der Waals surface area contributed by atoms with Crippen molar-refractivity contribution in [2.75, 3.05) is 6.61 Å². The summed E-state index contributed by atoms with van der Waals surface area (Å²) in [7, 11) is 0. The third-order valence-electron chi connectivity index (χ3n) is 4.16. The Bertz CT molecular complexity index is 353. The molecule has 0 saturated heterocycles. The fourth-order valence-corrected chi connectivity index (χ4v) is 2.69. The van der Waals surface area contributed by atoms with E-state index >= 15 is 0 Å². The van der Waals surface area contributed by atoms with Crippen LogP contribution in [-0.2, 0) is 9.59 Å². The highest BCUT2D eigenvalue weighted by molar-refractivity contribution is 5.96. The van der Waals surface area contributed by atoms with Gasteiger partial charge in [-0.2, -0.15) is 0 Å². The molecule has 0 unspecified atom stereocenters. The van der Waals surface area contributed by atoms with Crippen LogP contribution in [0.15, 0.2) is 12.2 Å². The summed E-state index contributed by atoms with van der Waals surface area (Å²) in [5.41, 5.74) is 0. The molecule has 0 aliphatic rings. The van der Waals surface area contributed by atoms with E-state index in [1.54, 1.807) is 0 Å². The Kier molecular flexibility index (Phi) is 15.9. The van der Waals surface area contributed by atoms with Crippen LogP contribution in [0.4, 0.5) is 0 Å². The molecule has 1 amide bonds. The van der Waals surface area contributed by atoms with E-state index in [-0.39, 0.29) is 18.3 Å². The highest BCUT2D eigenvalue weighted by Crippen LogP contribution is 2.12. The fourth-order valence-electron chi connectivity index (χ4n) is 2.69. The first-order chi connectivity index (χ1) is 11.6. The highest BCUT2D eigenvalue weighted by atomic mass is 16.3. The van der Waals surface area contributed by atoms with Crippen LogP contribution in [0.5, 0.6) is 0 Å². The van der Waals surface area contributed by atoms with Gasteiger partial charge in [-0.05, 0) is 18.9 Å². The Morgan fingerprint density at radius 1 is 0.917 bits per heavy atom. The molecule has 0 radical (unpaired) electrons. The van der Waals surface area contributed by atoms with Crippen molar-refractivity contribution in [3.8, 4) is 0 Å². The van der Waals surface area contributed by atoms with Gasteiger partial charge in [-0.3, -0.25) is 9.59 Å². The molecular formula is C20H37NO3. The zero-order valence-electron chi connectivity index (χ0n) is 15.7. The van der Waals surface area contributed by atoms with Crippen molar-refractivity contribution in [2.45, 2.75) is 96.9 Å². The summed E-state index contributed by atoms with van der Waals surface area (Å²) in [5.74, 6) is -0.545. The average molecular weight is 340 g/mol. The Labute approximate surface area is 148 Å². The number of rotatable bonds is 16. The van der Waals surface area contributed by atoms with E-state index in [1.165, 1.54) is 77.2 Å². The first-order valence-corrected chi connectivity index (χ1v) is 9.70. The van der Waals surface area contributed by atoms with E-state index in [4.69, 9.17) is 5.11 Å². The summed E-state index contributed by atoms with van der Waals surface area (Å²) >= 11 is 0. The van der Waals surface area contributed by atoms with E-state index < -0.39 is 6.04 Å². The number of aliphatic hydroxyl groups excluding tert-OH is 1. The maximum absolute atomic E-state index is 11.7. The van der Waals surface area contributed by atoms with Crippen molar-refractivity contribution < 1.29 is 14.7 Å². The monoisotopic (exact) mass is 339 g/mol. The van der Waals surface area contributed by atoms with Gasteiger partial charge in [0.25, 0.3) is 0 Å². The topological polar surface area (TPSA) is 66.4 Å². The molecule has 0 fully saturated rings. The summed E-state index contributed by atoms with van der Waals surface area (Å²) in [4.78, 5) is 22.7. The molecule has 0 aromatic heterocycles. The number of amides is 1. The molecule has 0 aromatic rings. The molecular weight excluding hydrogens is 302 g/mol. The molecule has 4 heteroatoms. The lowest BCUT2D eigenvalue weighted by Crippen LogP contribution is -2.41. The molecule has 0 aromatic carbocycles. The van der Waals surface area contributed by atoms with Gasteiger partial charge < -0.3 is 10.4 Å². The summed E-state index contributed by atoms with van der Waals surface area (Å²) in [6.45, 7) is 3.23. The number of unbranched alkanes of at least 4 members (excludes halogenated alkanes) is 11. The SMILES string of the molecule is CCCCCCCCCCCCCC=CC(=O)[C@H](CO)NC(C)=O. The number of nitrogens with one attached hydrogen (secondary N) is 1. The predicted molar refractivity (Wildman–Crippen MR) is 99.9 cm³/mol. The number of hydrogen-bond donors (Lipinski definition) is 2. The minimum absolute atomic E-state index is 0.240. The Balaban J connectivity index is 3.48. The van der Waals surface area contributed by atoms with Crippen LogP contribution in [0.1, 0.15) is 90.9 Å². The van der Waals surface area contributed by atoms with Gasteiger partial charge in [0, 0.05) is 6.92 Å². The molecule has 24 heavy (non-hydrogen) atoms. The lowest BCUT2D eigenvalue weighted by molar-refractivity contribution is -0.125. The van der Waals surface area contributed by atoms with Crippen molar-refractivity contribution >= 4 is 11.7 Å². The van der Waals surface area contributed by atoms with Gasteiger partial charge in [-0.1, -0.05) is 77.2 Å². The maximum atomic E-state index is 11.7. The van der Waals surface area contributed by atoms with Crippen molar-refractivity contribution in [3.05, 3.63) is 12.2 Å². The van der Waals surface area contributed by atoms with Crippen LogP contribution in [0.2, 0.25) is 0 Å². The smallest absolute Gasteiger partial charge is 0.217 e. The Hall–Kier alpha value is -1.16. The number of hydrogen-bond acceptors (Lipinski definition) is 3. The predicted octanol–water partition coefficient (Wildman–Crippen LogP) is 4.31. The van der Waals surface area contributed by atoms with E-state index in [9.17, 15) is 9.59 Å². The van der Waals surface area contributed by atoms with Crippen molar-refractivity contribution in [1.82, 2.24) is 5.32 Å². The lowest BCUT2D eigenvalue weighted by Gasteiger charge is -2.10. The van der Waals surface area contributed by atoms with Gasteiger partial charge in [-0.25, -0.2) is 0 Å². The molecule has 0 aliphatic carbocycles. The molecule has 4 nitrogen and oxygen atoms in total. The van der Waals surface area contributed by atoms with E-state index in [0.29, 0.717) is 0 Å². The van der Waals surface area contributed by atoms with Crippen molar-refractivity contribution in [1.29, 1.82) is 0 Å². The van der Waals surface area contributed by atoms with Crippen LogP contribution in [0, 0.1) is 0 Å². The van der Waals surface area contributed by atoms with Crippen molar-refractivity contribution in [3.63, 3.8) is 0 Å². The van der Waals surface area contributed by atoms with Crippen molar-refractivity contribution in [2.24, 2.45) is 0 Å². The first-order valence-electron chi connectivity index (χ1n) is 9.70. The zero-order valence-corrected chi connectivity index (χ0v) is 15.7. The average Bonchev–Trinajstić information content (AvgIpc) is 2.56. The number of carbonyl (C=O) groups excluding carboxylic acids is 2. The Morgan fingerprint density at radius 3 is 1.88 bits per heavy atom. The third-order valence-corrected chi connectivity index (χ3v) is 4.16. The summed E-state index contributed by atoms with van der Waals surface area (Å²) in [5, 5.41) is 11.5. The van der Waals surface area contributed by atoms with Gasteiger partial charge in [-0.15, -0.1) is 0 Å². The number of aliphatic hydroxyl groups is 1. The largest absolute Gasteiger partial charge is 0.394 e. The molecule has 0 saturated carbocycles.